The molecule has 0 aromatic heterocycles. The van der Waals surface area contributed by atoms with Gasteiger partial charge in [0.1, 0.15) is 6.04 Å². The van der Waals surface area contributed by atoms with Crippen LogP contribution in [0, 0.1) is 11.8 Å². The summed E-state index contributed by atoms with van der Waals surface area (Å²) < 4.78 is 0. The van der Waals surface area contributed by atoms with Crippen LogP contribution in [0.4, 0.5) is 5.69 Å². The minimum absolute atomic E-state index is 0. The summed E-state index contributed by atoms with van der Waals surface area (Å²) in [5, 5.41) is 0. The van der Waals surface area contributed by atoms with E-state index in [0.29, 0.717) is 26.1 Å². The zero-order valence-electron chi connectivity index (χ0n) is 14.8. The van der Waals surface area contributed by atoms with Crippen molar-refractivity contribution < 1.29 is 9.59 Å². The molecule has 5 nitrogen and oxygen atoms in total. The summed E-state index contributed by atoms with van der Waals surface area (Å²) in [6.07, 6.45) is 3.69. The van der Waals surface area contributed by atoms with E-state index in [-0.39, 0.29) is 42.1 Å². The number of para-hydroxylation sites is 1. The zero-order valence-corrected chi connectivity index (χ0v) is 15.6. The molecule has 1 saturated heterocycles. The van der Waals surface area contributed by atoms with Crippen LogP contribution in [0.5, 0.6) is 0 Å². The highest BCUT2D eigenvalue weighted by Gasteiger charge is 2.42. The Bertz CT molecular complexity index is 596. The SMILES string of the molecule is CCN(C(=O)[C@@H]1CCC[C@@H]1CN)C1CCN(c2ccccc2)C1=O.Cl. The van der Waals surface area contributed by atoms with Gasteiger partial charge in [0, 0.05) is 24.7 Å². The van der Waals surface area contributed by atoms with Crippen molar-refractivity contribution in [2.45, 2.75) is 38.6 Å². The molecule has 0 bridgehead atoms. The predicted octanol–water partition coefficient (Wildman–Crippen LogP) is 2.44. The normalized spacial score (nSPS) is 25.8. The highest BCUT2D eigenvalue weighted by atomic mass is 35.5. The molecule has 25 heavy (non-hydrogen) atoms. The minimum Gasteiger partial charge on any atom is -0.331 e. The fourth-order valence-electron chi connectivity index (χ4n) is 4.21. The molecular weight excluding hydrogens is 338 g/mol. The van der Waals surface area contributed by atoms with Crippen molar-refractivity contribution in [2.75, 3.05) is 24.5 Å². The molecular formula is C19H28ClN3O2. The third kappa shape index (κ3) is 3.82. The van der Waals surface area contributed by atoms with E-state index in [2.05, 4.69) is 0 Å². The van der Waals surface area contributed by atoms with Crippen LogP contribution in [-0.2, 0) is 9.59 Å². The van der Waals surface area contributed by atoms with Gasteiger partial charge in [-0.25, -0.2) is 0 Å². The van der Waals surface area contributed by atoms with Gasteiger partial charge in [0.15, 0.2) is 0 Å². The first-order chi connectivity index (χ1) is 11.7. The number of hydrogen-bond acceptors (Lipinski definition) is 3. The standard InChI is InChI=1S/C19H27N3O2.ClH/c1-2-21(18(23)16-10-6-7-14(16)13-20)17-11-12-22(19(17)24)15-8-4-3-5-9-15;/h3-5,8-9,14,16-17H,2,6-7,10-13,20H2,1H3;1H/t14-,16-,17?;/m1./s1. The number of benzene rings is 1. The Hall–Kier alpha value is -1.59. The van der Waals surface area contributed by atoms with Gasteiger partial charge in [-0.1, -0.05) is 24.6 Å². The summed E-state index contributed by atoms with van der Waals surface area (Å²) in [6.45, 7) is 3.76. The lowest BCUT2D eigenvalue weighted by atomic mass is 9.94. The predicted molar refractivity (Wildman–Crippen MR) is 102 cm³/mol. The number of carbonyl (C=O) groups excluding carboxylic acids is 2. The molecule has 3 rings (SSSR count). The second kappa shape index (κ2) is 8.68. The highest BCUT2D eigenvalue weighted by molar-refractivity contribution is 6.01. The smallest absolute Gasteiger partial charge is 0.249 e. The summed E-state index contributed by atoms with van der Waals surface area (Å²) in [4.78, 5) is 29.5. The Balaban J connectivity index is 0.00000225. The average Bonchev–Trinajstić information content (AvgIpc) is 3.23. The van der Waals surface area contributed by atoms with Gasteiger partial charge in [-0.05, 0) is 50.8 Å². The van der Waals surface area contributed by atoms with Gasteiger partial charge in [-0.15, -0.1) is 12.4 Å². The Kier molecular flexibility index (Phi) is 6.85. The van der Waals surface area contributed by atoms with Gasteiger partial charge in [-0.3, -0.25) is 9.59 Å². The van der Waals surface area contributed by atoms with Gasteiger partial charge in [0.05, 0.1) is 0 Å². The number of hydrogen-bond donors (Lipinski definition) is 1. The summed E-state index contributed by atoms with van der Waals surface area (Å²) in [7, 11) is 0. The minimum atomic E-state index is -0.332. The monoisotopic (exact) mass is 365 g/mol. The molecule has 6 heteroatoms. The fourth-order valence-corrected chi connectivity index (χ4v) is 4.21. The molecule has 2 N–H and O–H groups in total. The summed E-state index contributed by atoms with van der Waals surface area (Å²) in [5.74, 6) is 0.430. The second-order valence-corrected chi connectivity index (χ2v) is 6.79. The third-order valence-electron chi connectivity index (χ3n) is 5.52. The number of likely N-dealkylation sites (N-methyl/N-ethyl adjacent to an activating group) is 1. The molecule has 1 heterocycles. The van der Waals surface area contributed by atoms with Crippen LogP contribution in [0.2, 0.25) is 0 Å². The number of rotatable bonds is 5. The number of nitrogens with zero attached hydrogens (tertiary/aromatic N) is 2. The lowest BCUT2D eigenvalue weighted by molar-refractivity contribution is -0.142. The number of amides is 2. The molecule has 1 aliphatic carbocycles. The van der Waals surface area contributed by atoms with Crippen molar-refractivity contribution in [3.05, 3.63) is 30.3 Å². The van der Waals surface area contributed by atoms with E-state index in [4.69, 9.17) is 5.73 Å². The maximum atomic E-state index is 13.0. The quantitative estimate of drug-likeness (QED) is 0.871. The van der Waals surface area contributed by atoms with Crippen LogP contribution < -0.4 is 10.6 Å². The van der Waals surface area contributed by atoms with E-state index < -0.39 is 0 Å². The molecule has 2 aliphatic rings. The van der Waals surface area contributed by atoms with E-state index >= 15 is 0 Å². The second-order valence-electron chi connectivity index (χ2n) is 6.79. The number of anilines is 1. The molecule has 1 aliphatic heterocycles. The first-order valence-electron chi connectivity index (χ1n) is 9.04. The van der Waals surface area contributed by atoms with E-state index in [1.807, 2.05) is 37.3 Å². The first kappa shape index (κ1) is 19.7. The lowest BCUT2D eigenvalue weighted by Gasteiger charge is -2.31. The molecule has 138 valence electrons. The molecule has 1 unspecified atom stereocenters. The Morgan fingerprint density at radius 3 is 2.60 bits per heavy atom. The maximum Gasteiger partial charge on any atom is 0.249 e. The van der Waals surface area contributed by atoms with Gasteiger partial charge in [0.2, 0.25) is 11.8 Å². The van der Waals surface area contributed by atoms with Crippen LogP contribution in [0.3, 0.4) is 0 Å². The Morgan fingerprint density at radius 2 is 1.96 bits per heavy atom. The average molecular weight is 366 g/mol. The summed E-state index contributed by atoms with van der Waals surface area (Å²) >= 11 is 0. The fraction of sp³-hybridized carbons (Fsp3) is 0.579. The van der Waals surface area contributed by atoms with Crippen LogP contribution in [0.25, 0.3) is 0 Å². The van der Waals surface area contributed by atoms with Crippen LogP contribution in [-0.4, -0.2) is 42.4 Å². The molecule has 2 amide bonds. The van der Waals surface area contributed by atoms with Gasteiger partial charge in [0.25, 0.3) is 0 Å². The molecule has 0 spiro atoms. The van der Waals surface area contributed by atoms with Gasteiger partial charge >= 0.3 is 0 Å². The zero-order chi connectivity index (χ0) is 17.1. The largest absolute Gasteiger partial charge is 0.331 e. The summed E-state index contributed by atoms with van der Waals surface area (Å²) in [5.41, 5.74) is 6.75. The van der Waals surface area contributed by atoms with Crippen LogP contribution in [0.15, 0.2) is 30.3 Å². The third-order valence-corrected chi connectivity index (χ3v) is 5.52. The van der Waals surface area contributed by atoms with E-state index in [0.717, 1.165) is 24.9 Å². The van der Waals surface area contributed by atoms with Crippen molar-refractivity contribution >= 4 is 29.9 Å². The number of halogens is 1. The van der Waals surface area contributed by atoms with Crippen molar-refractivity contribution in [1.29, 1.82) is 0 Å². The van der Waals surface area contributed by atoms with Crippen LogP contribution in [0.1, 0.15) is 32.6 Å². The molecule has 1 aromatic rings. The molecule has 0 radical (unpaired) electrons. The number of nitrogens with two attached hydrogens (primary N) is 1. The topological polar surface area (TPSA) is 66.6 Å². The van der Waals surface area contributed by atoms with E-state index in [1.165, 1.54) is 0 Å². The van der Waals surface area contributed by atoms with Crippen molar-refractivity contribution in [3.8, 4) is 0 Å². The molecule has 2 fully saturated rings. The van der Waals surface area contributed by atoms with Crippen molar-refractivity contribution in [1.82, 2.24) is 4.90 Å². The highest BCUT2D eigenvalue weighted by Crippen LogP contribution is 2.34. The molecule has 1 aromatic carbocycles. The van der Waals surface area contributed by atoms with Crippen LogP contribution >= 0.6 is 12.4 Å². The molecule has 1 saturated carbocycles. The molecule has 3 atom stereocenters. The lowest BCUT2D eigenvalue weighted by Crippen LogP contribution is -2.48. The van der Waals surface area contributed by atoms with Gasteiger partial charge < -0.3 is 15.5 Å². The van der Waals surface area contributed by atoms with E-state index in [1.54, 1.807) is 9.80 Å². The maximum absolute atomic E-state index is 13.0. The Labute approximate surface area is 155 Å². The van der Waals surface area contributed by atoms with Crippen molar-refractivity contribution in [2.24, 2.45) is 17.6 Å². The first-order valence-corrected chi connectivity index (χ1v) is 9.04. The van der Waals surface area contributed by atoms with Crippen molar-refractivity contribution in [3.63, 3.8) is 0 Å². The summed E-state index contributed by atoms with van der Waals surface area (Å²) in [6, 6.07) is 9.36. The Morgan fingerprint density at radius 1 is 1.24 bits per heavy atom. The number of carbonyl (C=O) groups is 2. The van der Waals surface area contributed by atoms with E-state index in [9.17, 15) is 9.59 Å². The van der Waals surface area contributed by atoms with Gasteiger partial charge in [-0.2, -0.15) is 0 Å².